The third kappa shape index (κ3) is 3.89. The van der Waals surface area contributed by atoms with E-state index in [1.165, 1.54) is 12.8 Å². The van der Waals surface area contributed by atoms with Gasteiger partial charge in [-0.25, -0.2) is 0 Å². The molecule has 1 aliphatic carbocycles. The Morgan fingerprint density at radius 3 is 2.56 bits per heavy atom. The Morgan fingerprint density at radius 2 is 2.00 bits per heavy atom. The number of nitrogens with one attached hydrogen (secondary N) is 2. The molecule has 0 aliphatic heterocycles. The average molecular weight is 261 g/mol. The molecule has 0 aromatic heterocycles. The first-order valence-electron chi connectivity index (χ1n) is 6.32. The number of benzene rings is 1. The van der Waals surface area contributed by atoms with Crippen molar-refractivity contribution in [3.63, 3.8) is 0 Å². The fourth-order valence-electron chi connectivity index (χ4n) is 1.75. The van der Waals surface area contributed by atoms with Crippen LogP contribution < -0.4 is 11.1 Å². The van der Waals surface area contributed by atoms with Gasteiger partial charge in [-0.1, -0.05) is 36.5 Å². The summed E-state index contributed by atoms with van der Waals surface area (Å²) in [5, 5.41) is 11.3. The van der Waals surface area contributed by atoms with Gasteiger partial charge in [-0.05, 0) is 29.9 Å². The molecule has 1 aromatic rings. The second-order valence-corrected chi connectivity index (χ2v) is 5.30. The summed E-state index contributed by atoms with van der Waals surface area (Å²) >= 11 is 5.25. The van der Waals surface area contributed by atoms with Crippen LogP contribution in [0.1, 0.15) is 30.4 Å². The Balaban J connectivity index is 1.83. The van der Waals surface area contributed by atoms with E-state index >= 15 is 0 Å². The summed E-state index contributed by atoms with van der Waals surface area (Å²) in [7, 11) is 0. The van der Waals surface area contributed by atoms with Crippen molar-refractivity contribution in [3.05, 3.63) is 35.4 Å². The standard InChI is InChI=1S/C14H19N3S/c15-8-10-3-5-12(6-4-10)13(16)7-14(18)17-9-11-1-2-11/h3-6,11,16H,1-2,7-9,15H2,(H,17,18). The van der Waals surface area contributed by atoms with E-state index in [2.05, 4.69) is 5.32 Å². The molecule has 96 valence electrons. The van der Waals surface area contributed by atoms with Gasteiger partial charge in [0.05, 0.1) is 4.99 Å². The lowest BCUT2D eigenvalue weighted by atomic mass is 10.1. The Morgan fingerprint density at radius 1 is 1.33 bits per heavy atom. The Bertz CT molecular complexity index is 435. The second kappa shape index (κ2) is 6.07. The third-order valence-corrected chi connectivity index (χ3v) is 3.45. The van der Waals surface area contributed by atoms with Crippen molar-refractivity contribution in [1.29, 1.82) is 5.41 Å². The molecule has 0 saturated heterocycles. The van der Waals surface area contributed by atoms with E-state index in [4.69, 9.17) is 23.4 Å². The first-order valence-corrected chi connectivity index (χ1v) is 6.73. The third-order valence-electron chi connectivity index (χ3n) is 3.16. The highest BCUT2D eigenvalue weighted by Crippen LogP contribution is 2.27. The number of hydrogen-bond donors (Lipinski definition) is 3. The zero-order chi connectivity index (χ0) is 13.0. The number of nitrogens with two attached hydrogens (primary N) is 1. The molecular weight excluding hydrogens is 242 g/mol. The van der Waals surface area contributed by atoms with Crippen molar-refractivity contribution >= 4 is 22.9 Å². The predicted octanol–water partition coefficient (Wildman–Crippen LogP) is 2.23. The summed E-state index contributed by atoms with van der Waals surface area (Å²) in [6, 6.07) is 7.80. The molecule has 2 rings (SSSR count). The molecule has 0 radical (unpaired) electrons. The normalized spacial score (nSPS) is 14.3. The van der Waals surface area contributed by atoms with Crippen molar-refractivity contribution in [1.82, 2.24) is 5.32 Å². The van der Waals surface area contributed by atoms with E-state index in [-0.39, 0.29) is 0 Å². The zero-order valence-electron chi connectivity index (χ0n) is 10.4. The Hall–Kier alpha value is -1.26. The van der Waals surface area contributed by atoms with Gasteiger partial charge >= 0.3 is 0 Å². The SMILES string of the molecule is N=C(CC(=S)NCC1CC1)c1ccc(CN)cc1. The van der Waals surface area contributed by atoms with Gasteiger partial charge < -0.3 is 16.5 Å². The van der Waals surface area contributed by atoms with Crippen molar-refractivity contribution < 1.29 is 0 Å². The van der Waals surface area contributed by atoms with Crippen LogP contribution in [0, 0.1) is 11.3 Å². The molecule has 0 bridgehead atoms. The smallest absolute Gasteiger partial charge is 0.0813 e. The van der Waals surface area contributed by atoms with Crippen LogP contribution in [0.4, 0.5) is 0 Å². The van der Waals surface area contributed by atoms with E-state index < -0.39 is 0 Å². The molecule has 3 nitrogen and oxygen atoms in total. The summed E-state index contributed by atoms with van der Waals surface area (Å²) < 4.78 is 0. The van der Waals surface area contributed by atoms with Crippen molar-refractivity contribution in [3.8, 4) is 0 Å². The number of rotatable bonds is 6. The molecule has 4 heteroatoms. The largest absolute Gasteiger partial charge is 0.379 e. The maximum Gasteiger partial charge on any atom is 0.0813 e. The van der Waals surface area contributed by atoms with Crippen molar-refractivity contribution in [2.45, 2.75) is 25.8 Å². The second-order valence-electron chi connectivity index (χ2n) is 4.80. The molecule has 1 fully saturated rings. The first kappa shape index (κ1) is 13.2. The van der Waals surface area contributed by atoms with Gasteiger partial charge in [0.2, 0.25) is 0 Å². The van der Waals surface area contributed by atoms with Crippen LogP contribution in [0.5, 0.6) is 0 Å². The molecule has 0 amide bonds. The minimum absolute atomic E-state index is 0.518. The topological polar surface area (TPSA) is 61.9 Å². The van der Waals surface area contributed by atoms with Gasteiger partial charge in [0.1, 0.15) is 0 Å². The molecule has 0 heterocycles. The average Bonchev–Trinajstić information content (AvgIpc) is 3.20. The molecule has 1 aromatic carbocycles. The molecule has 1 saturated carbocycles. The van der Waals surface area contributed by atoms with Gasteiger partial charge in [0.25, 0.3) is 0 Å². The fraction of sp³-hybridized carbons (Fsp3) is 0.429. The van der Waals surface area contributed by atoms with Crippen LogP contribution >= 0.6 is 12.2 Å². The highest BCUT2D eigenvalue weighted by Gasteiger charge is 2.21. The maximum atomic E-state index is 8.03. The van der Waals surface area contributed by atoms with Crippen LogP contribution in [-0.4, -0.2) is 17.2 Å². The van der Waals surface area contributed by atoms with Crippen molar-refractivity contribution in [2.24, 2.45) is 11.7 Å². The van der Waals surface area contributed by atoms with E-state index in [1.807, 2.05) is 24.3 Å². The lowest BCUT2D eigenvalue weighted by molar-refractivity contribution is 0.774. The lowest BCUT2D eigenvalue weighted by Gasteiger charge is -2.09. The quantitative estimate of drug-likeness (QED) is 0.543. The maximum absolute atomic E-state index is 8.03. The first-order chi connectivity index (χ1) is 8.69. The highest BCUT2D eigenvalue weighted by molar-refractivity contribution is 7.80. The van der Waals surface area contributed by atoms with Gasteiger partial charge in [-0.15, -0.1) is 0 Å². The van der Waals surface area contributed by atoms with Crippen LogP contribution in [0.2, 0.25) is 0 Å². The fourth-order valence-corrected chi connectivity index (χ4v) is 1.97. The van der Waals surface area contributed by atoms with Crippen LogP contribution in [0.25, 0.3) is 0 Å². The van der Waals surface area contributed by atoms with Crippen LogP contribution in [0.15, 0.2) is 24.3 Å². The van der Waals surface area contributed by atoms with Crippen LogP contribution in [0.3, 0.4) is 0 Å². The number of hydrogen-bond acceptors (Lipinski definition) is 3. The molecule has 0 unspecified atom stereocenters. The van der Waals surface area contributed by atoms with E-state index in [1.54, 1.807) is 0 Å². The Kier molecular flexibility index (Phi) is 4.44. The summed E-state index contributed by atoms with van der Waals surface area (Å²) in [5.41, 5.74) is 8.11. The number of thiocarbonyl (C=S) groups is 1. The van der Waals surface area contributed by atoms with Crippen LogP contribution in [-0.2, 0) is 6.54 Å². The van der Waals surface area contributed by atoms with E-state index in [0.717, 1.165) is 28.6 Å². The summed E-state index contributed by atoms with van der Waals surface area (Å²) in [6.07, 6.45) is 3.14. The van der Waals surface area contributed by atoms with Gasteiger partial charge in [0, 0.05) is 25.2 Å². The molecule has 4 N–H and O–H groups in total. The molecule has 0 atom stereocenters. The van der Waals surface area contributed by atoms with Gasteiger partial charge in [0.15, 0.2) is 0 Å². The molecule has 1 aliphatic rings. The highest BCUT2D eigenvalue weighted by atomic mass is 32.1. The molecule has 0 spiro atoms. The summed E-state index contributed by atoms with van der Waals surface area (Å²) in [4.78, 5) is 0.773. The summed E-state index contributed by atoms with van der Waals surface area (Å²) in [6.45, 7) is 1.51. The zero-order valence-corrected chi connectivity index (χ0v) is 11.2. The minimum Gasteiger partial charge on any atom is -0.379 e. The van der Waals surface area contributed by atoms with Gasteiger partial charge in [-0.2, -0.15) is 0 Å². The lowest BCUT2D eigenvalue weighted by Crippen LogP contribution is -2.26. The molecular formula is C14H19N3S. The van der Waals surface area contributed by atoms with Gasteiger partial charge in [-0.3, -0.25) is 0 Å². The predicted molar refractivity (Wildman–Crippen MR) is 79.1 cm³/mol. The minimum atomic E-state index is 0.518. The monoisotopic (exact) mass is 261 g/mol. The summed E-state index contributed by atoms with van der Waals surface area (Å²) in [5.74, 6) is 0.806. The molecule has 18 heavy (non-hydrogen) atoms. The van der Waals surface area contributed by atoms with Crippen molar-refractivity contribution in [2.75, 3.05) is 6.54 Å². The van der Waals surface area contributed by atoms with E-state index in [0.29, 0.717) is 18.7 Å². The Labute approximate surface area is 113 Å². The van der Waals surface area contributed by atoms with E-state index in [9.17, 15) is 0 Å².